The van der Waals surface area contributed by atoms with Crippen molar-refractivity contribution >= 4 is 50.9 Å². The Morgan fingerprint density at radius 1 is 1.13 bits per heavy atom. The lowest BCUT2D eigenvalue weighted by Crippen LogP contribution is -2.37. The van der Waals surface area contributed by atoms with Crippen molar-refractivity contribution in [2.24, 2.45) is 7.05 Å². The summed E-state index contributed by atoms with van der Waals surface area (Å²) in [4.78, 5) is 19.9. The second-order valence-corrected chi connectivity index (χ2v) is 13.4. The van der Waals surface area contributed by atoms with E-state index in [1.54, 1.807) is 19.2 Å². The lowest BCUT2D eigenvalue weighted by Gasteiger charge is -2.31. The summed E-state index contributed by atoms with van der Waals surface area (Å²) in [5.41, 5.74) is 1.42. The maximum absolute atomic E-state index is 13.3. The molecule has 14 nitrogen and oxygen atoms in total. The number of sulfonamides is 1. The van der Waals surface area contributed by atoms with Gasteiger partial charge in [0.2, 0.25) is 15.9 Å². The van der Waals surface area contributed by atoms with Crippen LogP contribution in [0.4, 0.5) is 27.7 Å². The minimum Gasteiger partial charge on any atom is -0.741 e. The molecular formula is C30H36FN9O5S. The number of ether oxygens (including phenoxy) is 2. The molecule has 4 aromatic heterocycles. The number of nitrogens with one attached hydrogen (secondary N) is 1. The van der Waals surface area contributed by atoms with E-state index in [1.165, 1.54) is 33.5 Å². The molecule has 6 rings (SSSR count). The fraction of sp³-hybridized carbons (Fsp3) is 0.433. The average Bonchev–Trinajstić information content (AvgIpc) is 3.41. The third kappa shape index (κ3) is 6.97. The van der Waals surface area contributed by atoms with E-state index in [0.29, 0.717) is 70.8 Å². The summed E-state index contributed by atoms with van der Waals surface area (Å²) < 4.78 is 54.6. The van der Waals surface area contributed by atoms with Gasteiger partial charge in [-0.05, 0) is 43.9 Å². The van der Waals surface area contributed by atoms with Crippen LogP contribution >= 0.6 is 0 Å². The maximum Gasteiger partial charge on any atom is 0.398 e. The van der Waals surface area contributed by atoms with Crippen LogP contribution in [0.1, 0.15) is 31.4 Å². The number of morpholine rings is 1. The summed E-state index contributed by atoms with van der Waals surface area (Å²) in [5.74, 6) is 1.38. The monoisotopic (exact) mass is 653 g/mol. The molecule has 1 N–H and O–H groups in total. The van der Waals surface area contributed by atoms with Gasteiger partial charge in [-0.3, -0.25) is 14.0 Å². The number of nitrogens with zero attached hydrogens (tertiary/aromatic N) is 8. The fourth-order valence-corrected chi connectivity index (χ4v) is 6.61. The van der Waals surface area contributed by atoms with E-state index in [4.69, 9.17) is 14.5 Å². The highest BCUT2D eigenvalue weighted by atomic mass is 32.2. The molecule has 244 valence electrons. The van der Waals surface area contributed by atoms with Gasteiger partial charge in [-0.1, -0.05) is 4.98 Å². The predicted octanol–water partition coefficient (Wildman–Crippen LogP) is 3.34. The molecule has 2 fully saturated rings. The molecule has 0 amide bonds. The number of hydrogen-bond acceptors (Lipinski definition) is 11. The standard InChI is InChI=1S/C30H36FN9O5S/c1-37-23(18-34-30(37)38(2)41)19-40(46(3,42)43)22-14-25-26(32-17-22)15-28(39-10-12-44-13-11-39)36-29(25)45-24-7-5-21(6-8-24)35-27-9-4-20(31)16-33-27/h4,9,14-18,21,24H,2,5-8,10-13,19H2,1,3H3,(H,33,35)/t21-,24+. The summed E-state index contributed by atoms with van der Waals surface area (Å²) in [6.45, 7) is 5.76. The van der Waals surface area contributed by atoms with Gasteiger partial charge in [0.15, 0.2) is 0 Å². The quantitative estimate of drug-likeness (QED) is 0.116. The van der Waals surface area contributed by atoms with Crippen LogP contribution in [0.5, 0.6) is 5.88 Å². The molecule has 46 heavy (non-hydrogen) atoms. The Labute approximate surface area is 266 Å². The van der Waals surface area contributed by atoms with Crippen LogP contribution in [0.2, 0.25) is 0 Å². The number of aromatic nitrogens is 5. The topological polar surface area (TPSA) is 154 Å². The Kier molecular flexibility index (Phi) is 8.90. The second kappa shape index (κ2) is 13.0. The Hall–Kier alpha value is -4.57. The molecule has 16 heteroatoms. The van der Waals surface area contributed by atoms with Crippen molar-refractivity contribution in [3.63, 3.8) is 0 Å². The summed E-state index contributed by atoms with van der Waals surface area (Å²) in [6, 6.07) is 6.78. The molecule has 1 saturated heterocycles. The van der Waals surface area contributed by atoms with E-state index in [2.05, 4.69) is 31.9 Å². The number of fused-ring (bicyclic) bond motifs is 1. The first-order valence-electron chi connectivity index (χ1n) is 15.0. The van der Waals surface area contributed by atoms with E-state index in [1.807, 2.05) is 6.07 Å². The highest BCUT2D eigenvalue weighted by Gasteiger charge is 2.27. The van der Waals surface area contributed by atoms with Crippen molar-refractivity contribution in [2.75, 3.05) is 47.1 Å². The molecule has 0 aromatic carbocycles. The Bertz CT molecular complexity index is 1820. The lowest BCUT2D eigenvalue weighted by molar-refractivity contribution is -0.362. The lowest BCUT2D eigenvalue weighted by atomic mass is 9.93. The number of anilines is 3. The van der Waals surface area contributed by atoms with Crippen LogP contribution in [0.3, 0.4) is 0 Å². The molecule has 0 spiro atoms. The van der Waals surface area contributed by atoms with Gasteiger partial charge in [0, 0.05) is 31.9 Å². The Morgan fingerprint density at radius 3 is 2.54 bits per heavy atom. The third-order valence-corrected chi connectivity index (χ3v) is 9.40. The van der Waals surface area contributed by atoms with E-state index in [9.17, 15) is 18.0 Å². The first-order chi connectivity index (χ1) is 22.0. The second-order valence-electron chi connectivity index (χ2n) is 11.5. The van der Waals surface area contributed by atoms with E-state index >= 15 is 0 Å². The highest BCUT2D eigenvalue weighted by molar-refractivity contribution is 7.92. The Morgan fingerprint density at radius 2 is 1.89 bits per heavy atom. The van der Waals surface area contributed by atoms with Crippen LogP contribution in [-0.4, -0.2) is 89.1 Å². The number of halogens is 1. The fourth-order valence-electron chi connectivity index (χ4n) is 5.76. The summed E-state index contributed by atoms with van der Waals surface area (Å²) in [7, 11) is -2.16. The van der Waals surface area contributed by atoms with Crippen LogP contribution < -0.4 is 19.3 Å². The van der Waals surface area contributed by atoms with Crippen molar-refractivity contribution in [2.45, 2.75) is 44.4 Å². The van der Waals surface area contributed by atoms with Gasteiger partial charge in [0.05, 0.1) is 62.0 Å². The molecule has 0 radical (unpaired) electrons. The summed E-state index contributed by atoms with van der Waals surface area (Å²) >= 11 is 0. The van der Waals surface area contributed by atoms with E-state index < -0.39 is 10.0 Å². The zero-order valence-corrected chi connectivity index (χ0v) is 26.5. The summed E-state index contributed by atoms with van der Waals surface area (Å²) in [6.07, 6.45) is 8.26. The van der Waals surface area contributed by atoms with Crippen LogP contribution in [-0.2, 0) is 28.4 Å². The molecule has 1 aliphatic carbocycles. The Balaban J connectivity index is 1.29. The summed E-state index contributed by atoms with van der Waals surface area (Å²) in [5, 5.41) is 15.7. The van der Waals surface area contributed by atoms with Gasteiger partial charge in [0.25, 0.3) is 0 Å². The first-order valence-corrected chi connectivity index (χ1v) is 16.8. The number of rotatable bonds is 10. The van der Waals surface area contributed by atoms with Gasteiger partial charge in [-0.2, -0.15) is 4.98 Å². The minimum absolute atomic E-state index is 0.0504. The largest absolute Gasteiger partial charge is 0.741 e. The van der Waals surface area contributed by atoms with E-state index in [-0.39, 0.29) is 30.5 Å². The average molecular weight is 654 g/mol. The van der Waals surface area contributed by atoms with Crippen molar-refractivity contribution < 1.29 is 27.0 Å². The van der Waals surface area contributed by atoms with Crippen molar-refractivity contribution in [3.8, 4) is 5.88 Å². The molecule has 0 unspecified atom stereocenters. The van der Waals surface area contributed by atoms with Crippen molar-refractivity contribution in [1.82, 2.24) is 24.5 Å². The molecule has 2 aliphatic rings. The molecular weight excluding hydrogens is 617 g/mol. The molecule has 1 aliphatic heterocycles. The number of hydrogen-bond donors (Lipinski definition) is 1. The number of pyridine rings is 3. The van der Waals surface area contributed by atoms with E-state index in [0.717, 1.165) is 31.9 Å². The van der Waals surface area contributed by atoms with Crippen LogP contribution in [0, 0.1) is 11.0 Å². The molecule has 5 heterocycles. The molecule has 1 saturated carbocycles. The van der Waals surface area contributed by atoms with Gasteiger partial charge in [0.1, 0.15) is 35.4 Å². The van der Waals surface area contributed by atoms with Crippen LogP contribution in [0.25, 0.3) is 10.9 Å². The van der Waals surface area contributed by atoms with Crippen LogP contribution in [0.15, 0.2) is 42.9 Å². The van der Waals surface area contributed by atoms with Gasteiger partial charge >= 0.3 is 5.95 Å². The van der Waals surface area contributed by atoms with Gasteiger partial charge < -0.3 is 24.9 Å². The first kappa shape index (κ1) is 31.4. The molecule has 4 aromatic rings. The minimum atomic E-state index is -3.78. The zero-order valence-electron chi connectivity index (χ0n) is 25.7. The SMILES string of the molecule is C=[N+]([O-])c1ncc(CN(c2cnc3cc(N4CCOCC4)nc(O[C@H]4CC[C@@H](Nc5ccc(F)cn5)CC4)c3c2)S(C)(=O)=O)n1C. The van der Waals surface area contributed by atoms with Crippen molar-refractivity contribution in [1.29, 1.82) is 0 Å². The zero-order chi connectivity index (χ0) is 32.4. The maximum atomic E-state index is 13.3. The number of imidazole rings is 1. The normalized spacial score (nSPS) is 18.8. The predicted molar refractivity (Wildman–Crippen MR) is 172 cm³/mol. The van der Waals surface area contributed by atoms with Crippen molar-refractivity contribution in [3.05, 3.63) is 59.6 Å². The smallest absolute Gasteiger partial charge is 0.398 e. The molecule has 0 atom stereocenters. The van der Waals surface area contributed by atoms with Gasteiger partial charge in [-0.25, -0.2) is 22.4 Å². The molecule has 0 bridgehead atoms. The third-order valence-electron chi connectivity index (χ3n) is 8.26. The van der Waals surface area contributed by atoms with Gasteiger partial charge in [-0.15, -0.1) is 0 Å². The highest BCUT2D eigenvalue weighted by Crippen LogP contribution is 2.34.